The monoisotopic (exact) mass is 346 g/mol. The molecular weight excluding hydrogens is 328 g/mol. The summed E-state index contributed by atoms with van der Waals surface area (Å²) in [6.45, 7) is 3.87. The van der Waals surface area contributed by atoms with Gasteiger partial charge in [-0.2, -0.15) is 0 Å². The van der Waals surface area contributed by atoms with Crippen LogP contribution in [0, 0.1) is 5.92 Å². The number of aliphatic hydroxyl groups excluding tert-OH is 1. The SMILES string of the molecule is CC(O)C1CCN(C(=O)NCc2cc(Br)cs2)CC1. The van der Waals surface area contributed by atoms with Gasteiger partial charge in [-0.1, -0.05) is 0 Å². The number of hydrogen-bond acceptors (Lipinski definition) is 3. The fraction of sp³-hybridized carbons (Fsp3) is 0.615. The quantitative estimate of drug-likeness (QED) is 0.884. The number of thiophene rings is 1. The molecule has 106 valence electrons. The highest BCUT2D eigenvalue weighted by molar-refractivity contribution is 9.10. The van der Waals surface area contributed by atoms with E-state index in [0.717, 1.165) is 35.3 Å². The number of likely N-dealkylation sites (tertiary alicyclic amines) is 1. The lowest BCUT2D eigenvalue weighted by atomic mass is 9.92. The summed E-state index contributed by atoms with van der Waals surface area (Å²) < 4.78 is 1.06. The highest BCUT2D eigenvalue weighted by Crippen LogP contribution is 2.21. The molecular formula is C13H19BrN2O2S. The van der Waals surface area contributed by atoms with E-state index in [-0.39, 0.29) is 12.1 Å². The number of nitrogens with zero attached hydrogens (tertiary/aromatic N) is 1. The zero-order chi connectivity index (χ0) is 13.8. The molecule has 0 bridgehead atoms. The first kappa shape index (κ1) is 14.8. The third kappa shape index (κ3) is 4.19. The van der Waals surface area contributed by atoms with Gasteiger partial charge in [-0.05, 0) is 47.7 Å². The predicted octanol–water partition coefficient (Wildman–Crippen LogP) is 2.81. The number of rotatable bonds is 3. The molecule has 2 heterocycles. The van der Waals surface area contributed by atoms with Gasteiger partial charge < -0.3 is 15.3 Å². The van der Waals surface area contributed by atoms with Crippen molar-refractivity contribution in [3.8, 4) is 0 Å². The fourth-order valence-electron chi connectivity index (χ4n) is 2.31. The van der Waals surface area contributed by atoms with Crippen LogP contribution in [-0.4, -0.2) is 35.2 Å². The maximum absolute atomic E-state index is 12.0. The zero-order valence-electron chi connectivity index (χ0n) is 10.9. The number of carbonyl (C=O) groups excluding carboxylic acids is 1. The van der Waals surface area contributed by atoms with Crippen LogP contribution in [0.4, 0.5) is 4.79 Å². The molecule has 1 atom stereocenters. The van der Waals surface area contributed by atoms with Gasteiger partial charge in [0.1, 0.15) is 0 Å². The Kier molecular flexibility index (Phi) is 5.24. The fourth-order valence-corrected chi connectivity index (χ4v) is 3.70. The number of urea groups is 1. The molecule has 1 aliphatic rings. The molecule has 0 saturated carbocycles. The molecule has 2 rings (SSSR count). The van der Waals surface area contributed by atoms with Gasteiger partial charge in [0.2, 0.25) is 0 Å². The maximum atomic E-state index is 12.0. The van der Waals surface area contributed by atoms with E-state index in [1.54, 1.807) is 11.3 Å². The average molecular weight is 347 g/mol. The lowest BCUT2D eigenvalue weighted by Gasteiger charge is -2.33. The minimum absolute atomic E-state index is 0.00596. The van der Waals surface area contributed by atoms with Crippen molar-refractivity contribution in [2.75, 3.05) is 13.1 Å². The van der Waals surface area contributed by atoms with Crippen molar-refractivity contribution in [3.63, 3.8) is 0 Å². The molecule has 0 aromatic carbocycles. The highest BCUT2D eigenvalue weighted by atomic mass is 79.9. The van der Waals surface area contributed by atoms with E-state index in [9.17, 15) is 9.90 Å². The van der Waals surface area contributed by atoms with Gasteiger partial charge in [0.05, 0.1) is 12.6 Å². The second-order valence-corrected chi connectivity index (χ2v) is 6.87. The first-order chi connectivity index (χ1) is 9.06. The summed E-state index contributed by atoms with van der Waals surface area (Å²) in [5.74, 6) is 0.331. The van der Waals surface area contributed by atoms with Crippen LogP contribution in [0.15, 0.2) is 15.9 Å². The van der Waals surface area contributed by atoms with E-state index in [4.69, 9.17) is 0 Å². The van der Waals surface area contributed by atoms with Crippen LogP contribution in [0.25, 0.3) is 0 Å². The molecule has 1 saturated heterocycles. The number of halogens is 1. The Hall–Kier alpha value is -0.590. The third-order valence-electron chi connectivity index (χ3n) is 3.54. The molecule has 1 aromatic heterocycles. The van der Waals surface area contributed by atoms with Gasteiger partial charge in [-0.3, -0.25) is 0 Å². The van der Waals surface area contributed by atoms with Crippen LogP contribution in [0.3, 0.4) is 0 Å². The average Bonchev–Trinajstić information content (AvgIpc) is 2.82. The molecule has 1 aliphatic heterocycles. The van der Waals surface area contributed by atoms with E-state index in [1.807, 2.05) is 23.3 Å². The van der Waals surface area contributed by atoms with Crippen LogP contribution in [0.1, 0.15) is 24.6 Å². The highest BCUT2D eigenvalue weighted by Gasteiger charge is 2.25. The van der Waals surface area contributed by atoms with Crippen LogP contribution >= 0.6 is 27.3 Å². The third-order valence-corrected chi connectivity index (χ3v) is 5.24. The standard InChI is InChI=1S/C13H19BrN2O2S/c1-9(17)10-2-4-16(5-3-10)13(18)15-7-12-6-11(14)8-19-12/h6,8-10,17H,2-5,7H2,1H3,(H,15,18). The second kappa shape index (κ2) is 6.72. The number of carbonyl (C=O) groups is 1. The number of nitrogens with one attached hydrogen (secondary N) is 1. The number of aliphatic hydroxyl groups is 1. The molecule has 0 radical (unpaired) electrons. The first-order valence-corrected chi connectivity index (χ1v) is 8.17. The van der Waals surface area contributed by atoms with Crippen molar-refractivity contribution in [1.29, 1.82) is 0 Å². The Bertz CT molecular complexity index is 428. The normalized spacial score (nSPS) is 18.4. The van der Waals surface area contributed by atoms with Crippen LogP contribution in [-0.2, 0) is 6.54 Å². The molecule has 19 heavy (non-hydrogen) atoms. The van der Waals surface area contributed by atoms with Gasteiger partial charge in [-0.25, -0.2) is 4.79 Å². The van der Waals surface area contributed by atoms with Gasteiger partial charge in [0.15, 0.2) is 0 Å². The van der Waals surface area contributed by atoms with E-state index in [2.05, 4.69) is 21.2 Å². The van der Waals surface area contributed by atoms with E-state index >= 15 is 0 Å². The Morgan fingerprint density at radius 1 is 1.63 bits per heavy atom. The Balaban J connectivity index is 1.75. The van der Waals surface area contributed by atoms with Crippen LogP contribution < -0.4 is 5.32 Å². The lowest BCUT2D eigenvalue weighted by molar-refractivity contribution is 0.0798. The topological polar surface area (TPSA) is 52.6 Å². The lowest BCUT2D eigenvalue weighted by Crippen LogP contribution is -2.45. The molecule has 0 aliphatic carbocycles. The number of piperidine rings is 1. The predicted molar refractivity (Wildman–Crippen MR) is 80.2 cm³/mol. The summed E-state index contributed by atoms with van der Waals surface area (Å²) in [6.07, 6.45) is 1.50. The molecule has 6 heteroatoms. The number of amides is 2. The van der Waals surface area contributed by atoms with E-state index in [1.165, 1.54) is 0 Å². The Morgan fingerprint density at radius 3 is 2.84 bits per heavy atom. The minimum atomic E-state index is -0.270. The van der Waals surface area contributed by atoms with Gasteiger partial charge in [0, 0.05) is 27.8 Å². The first-order valence-electron chi connectivity index (χ1n) is 6.50. The minimum Gasteiger partial charge on any atom is -0.393 e. The molecule has 0 spiro atoms. The number of hydrogen-bond donors (Lipinski definition) is 2. The zero-order valence-corrected chi connectivity index (χ0v) is 13.3. The van der Waals surface area contributed by atoms with Crippen molar-refractivity contribution in [3.05, 3.63) is 20.8 Å². The van der Waals surface area contributed by atoms with Gasteiger partial charge in [-0.15, -0.1) is 11.3 Å². The summed E-state index contributed by atoms with van der Waals surface area (Å²) in [5.41, 5.74) is 0. The van der Waals surface area contributed by atoms with Crippen LogP contribution in [0.5, 0.6) is 0 Å². The van der Waals surface area contributed by atoms with Crippen molar-refractivity contribution in [2.24, 2.45) is 5.92 Å². The van der Waals surface area contributed by atoms with Crippen molar-refractivity contribution in [2.45, 2.75) is 32.4 Å². The summed E-state index contributed by atoms with van der Waals surface area (Å²) >= 11 is 5.03. The van der Waals surface area contributed by atoms with E-state index < -0.39 is 0 Å². The summed E-state index contributed by atoms with van der Waals surface area (Å²) in [6, 6.07) is 2.01. The summed E-state index contributed by atoms with van der Waals surface area (Å²) in [4.78, 5) is 15.0. The smallest absolute Gasteiger partial charge is 0.317 e. The molecule has 4 nitrogen and oxygen atoms in total. The van der Waals surface area contributed by atoms with Gasteiger partial charge in [0.25, 0.3) is 0 Å². The molecule has 2 N–H and O–H groups in total. The molecule has 2 amide bonds. The molecule has 1 aromatic rings. The Morgan fingerprint density at radius 2 is 2.32 bits per heavy atom. The second-order valence-electron chi connectivity index (χ2n) is 4.96. The molecule has 1 unspecified atom stereocenters. The van der Waals surface area contributed by atoms with E-state index in [0.29, 0.717) is 12.5 Å². The van der Waals surface area contributed by atoms with Gasteiger partial charge >= 0.3 is 6.03 Å². The van der Waals surface area contributed by atoms with Crippen molar-refractivity contribution >= 4 is 33.3 Å². The maximum Gasteiger partial charge on any atom is 0.317 e. The van der Waals surface area contributed by atoms with Crippen molar-refractivity contribution in [1.82, 2.24) is 10.2 Å². The summed E-state index contributed by atoms with van der Waals surface area (Å²) in [7, 11) is 0. The largest absolute Gasteiger partial charge is 0.393 e. The molecule has 1 fully saturated rings. The Labute approximate surface area is 125 Å². The van der Waals surface area contributed by atoms with Crippen LogP contribution in [0.2, 0.25) is 0 Å². The summed E-state index contributed by atoms with van der Waals surface area (Å²) in [5, 5.41) is 14.5. The van der Waals surface area contributed by atoms with Crippen molar-refractivity contribution < 1.29 is 9.90 Å².